The van der Waals surface area contributed by atoms with Crippen molar-refractivity contribution in [1.82, 2.24) is 0 Å². The number of Topliss-reactive ketones (excluding diaryl/α,β-unsaturated/α-hetero) is 1. The lowest BCUT2D eigenvalue weighted by Crippen LogP contribution is -2.42. The first-order chi connectivity index (χ1) is 11.1. The molecule has 4 atom stereocenters. The molecule has 1 heteroatoms. The van der Waals surface area contributed by atoms with Gasteiger partial charge < -0.3 is 0 Å². The van der Waals surface area contributed by atoms with Crippen LogP contribution in [0.2, 0.25) is 0 Å². The van der Waals surface area contributed by atoms with Crippen molar-refractivity contribution in [1.29, 1.82) is 0 Å². The van der Waals surface area contributed by atoms with Crippen LogP contribution in [-0.2, 0) is 4.79 Å². The second-order valence-electron chi connectivity index (χ2n) is 8.22. The van der Waals surface area contributed by atoms with Gasteiger partial charge in [0.05, 0.1) is 0 Å². The molecule has 0 aromatic rings. The van der Waals surface area contributed by atoms with Gasteiger partial charge in [0.2, 0.25) is 0 Å². The van der Waals surface area contributed by atoms with Crippen molar-refractivity contribution in [3.05, 3.63) is 22.8 Å². The Hall–Kier alpha value is -1.29. The number of carbonyl (C=O) groups excluding carboxylic acids is 1. The van der Waals surface area contributed by atoms with Crippen molar-refractivity contribution in [3.63, 3.8) is 0 Å². The summed E-state index contributed by atoms with van der Waals surface area (Å²) in [6, 6.07) is 0. The van der Waals surface area contributed by atoms with E-state index >= 15 is 0 Å². The molecule has 23 heavy (non-hydrogen) atoms. The smallest absolute Gasteiger partial charge is 0.137 e. The zero-order valence-corrected chi connectivity index (χ0v) is 14.6. The van der Waals surface area contributed by atoms with Crippen LogP contribution >= 0.6 is 0 Å². The molecule has 0 aromatic carbocycles. The van der Waals surface area contributed by atoms with E-state index in [9.17, 15) is 4.79 Å². The number of ketones is 1. The second kappa shape index (κ2) is 5.66. The molecule has 4 rings (SSSR count). The van der Waals surface area contributed by atoms with Crippen molar-refractivity contribution in [2.75, 3.05) is 0 Å². The first-order valence-corrected chi connectivity index (χ1v) is 9.55. The predicted molar refractivity (Wildman–Crippen MR) is 93.7 cm³/mol. The van der Waals surface area contributed by atoms with Gasteiger partial charge >= 0.3 is 0 Å². The summed E-state index contributed by atoms with van der Waals surface area (Å²) in [6.45, 7) is 4.62. The Balaban J connectivity index is 1.61. The van der Waals surface area contributed by atoms with Gasteiger partial charge in [0.1, 0.15) is 5.78 Å². The lowest BCUT2D eigenvalue weighted by atomic mass is 9.53. The first kappa shape index (κ1) is 15.3. The van der Waals surface area contributed by atoms with Gasteiger partial charge in [0.25, 0.3) is 0 Å². The molecule has 0 amide bonds. The molecule has 0 bridgehead atoms. The minimum atomic E-state index is 0.325. The third kappa shape index (κ3) is 2.34. The van der Waals surface area contributed by atoms with E-state index in [2.05, 4.69) is 31.8 Å². The minimum absolute atomic E-state index is 0.325. The Labute approximate surface area is 140 Å². The quantitative estimate of drug-likeness (QED) is 0.443. The van der Waals surface area contributed by atoms with Gasteiger partial charge in [-0.3, -0.25) is 4.79 Å². The third-order valence-electron chi connectivity index (χ3n) is 7.18. The highest BCUT2D eigenvalue weighted by Gasteiger charge is 2.52. The fourth-order valence-electron chi connectivity index (χ4n) is 6.00. The highest BCUT2D eigenvalue weighted by Crippen LogP contribution is 2.61. The van der Waals surface area contributed by atoms with Crippen LogP contribution in [-0.4, -0.2) is 5.78 Å². The molecule has 4 aliphatic rings. The highest BCUT2D eigenvalue weighted by atomic mass is 16.1. The van der Waals surface area contributed by atoms with E-state index < -0.39 is 0 Å². The summed E-state index contributed by atoms with van der Waals surface area (Å²) < 4.78 is 0. The van der Waals surface area contributed by atoms with Crippen molar-refractivity contribution < 1.29 is 4.79 Å². The van der Waals surface area contributed by atoms with Gasteiger partial charge in [0, 0.05) is 30.3 Å². The van der Waals surface area contributed by atoms with Crippen LogP contribution in [0.5, 0.6) is 0 Å². The van der Waals surface area contributed by atoms with E-state index in [1.165, 1.54) is 43.3 Å². The van der Waals surface area contributed by atoms with Gasteiger partial charge in [-0.1, -0.05) is 42.9 Å². The van der Waals surface area contributed by atoms with Crippen LogP contribution in [0.3, 0.4) is 0 Å². The van der Waals surface area contributed by atoms with Crippen LogP contribution in [0.4, 0.5) is 0 Å². The second-order valence-corrected chi connectivity index (χ2v) is 8.22. The topological polar surface area (TPSA) is 17.1 Å². The molecule has 0 N–H and O–H groups in total. The predicted octanol–water partition coefficient (Wildman–Crippen LogP) is 5.22. The van der Waals surface area contributed by atoms with Gasteiger partial charge in [-0.25, -0.2) is 0 Å². The fraction of sp³-hybridized carbons (Fsp3) is 0.682. The molecule has 0 aromatic heterocycles. The van der Waals surface area contributed by atoms with E-state index in [1.807, 2.05) is 0 Å². The molecule has 0 aliphatic heterocycles. The Morgan fingerprint density at radius 3 is 2.96 bits per heavy atom. The Morgan fingerprint density at radius 2 is 2.13 bits per heavy atom. The maximum Gasteiger partial charge on any atom is 0.137 e. The number of hydrogen-bond acceptors (Lipinski definition) is 1. The Morgan fingerprint density at radius 1 is 1.26 bits per heavy atom. The van der Waals surface area contributed by atoms with Gasteiger partial charge in [-0.05, 0) is 56.3 Å². The van der Waals surface area contributed by atoms with Crippen LogP contribution in [0.25, 0.3) is 0 Å². The molecular formula is C22H28O. The monoisotopic (exact) mass is 308 g/mol. The molecule has 4 aliphatic carbocycles. The SMILES string of the molecule is CCC#CC1=CC[C@H]2[C@@H]3CCC4=C(CCC(=O)C4)[C@H]3CC[C@]12C. The van der Waals surface area contributed by atoms with Crippen molar-refractivity contribution in [2.45, 2.75) is 71.6 Å². The van der Waals surface area contributed by atoms with Crippen molar-refractivity contribution >= 4 is 5.78 Å². The van der Waals surface area contributed by atoms with Crippen LogP contribution < -0.4 is 0 Å². The first-order valence-electron chi connectivity index (χ1n) is 9.55. The average molecular weight is 308 g/mol. The average Bonchev–Trinajstić information content (AvgIpc) is 2.89. The third-order valence-corrected chi connectivity index (χ3v) is 7.18. The standard InChI is InChI=1S/C22H28O/c1-3-4-5-16-7-11-21-20-9-6-15-14-17(23)8-10-18(15)19(20)12-13-22(16,21)2/h7,19-21H,3,6,8-14H2,1-2H3/t19-,20-,21+,22-/m1/s1. The number of fused-ring (bicyclic) bond motifs is 4. The van der Waals surface area contributed by atoms with E-state index in [1.54, 1.807) is 5.57 Å². The van der Waals surface area contributed by atoms with E-state index in [0.29, 0.717) is 11.2 Å². The summed E-state index contributed by atoms with van der Waals surface area (Å²) in [6.07, 6.45) is 12.4. The Kier molecular flexibility index (Phi) is 3.75. The summed E-state index contributed by atoms with van der Waals surface area (Å²) in [5.74, 6) is 9.66. The fourth-order valence-corrected chi connectivity index (χ4v) is 6.00. The molecule has 1 saturated carbocycles. The molecule has 1 nitrogen and oxygen atoms in total. The van der Waals surface area contributed by atoms with Gasteiger partial charge in [-0.2, -0.15) is 0 Å². The maximum atomic E-state index is 11.8. The molecule has 0 heterocycles. The van der Waals surface area contributed by atoms with Gasteiger partial charge in [0.15, 0.2) is 0 Å². The molecular weight excluding hydrogens is 280 g/mol. The van der Waals surface area contributed by atoms with E-state index in [0.717, 1.165) is 43.4 Å². The number of hydrogen-bond donors (Lipinski definition) is 0. The Bertz CT molecular complexity index is 653. The zero-order valence-electron chi connectivity index (χ0n) is 14.6. The molecule has 0 unspecified atom stereocenters. The summed E-state index contributed by atoms with van der Waals surface area (Å²) in [4.78, 5) is 11.8. The molecule has 0 radical (unpaired) electrons. The summed E-state index contributed by atoms with van der Waals surface area (Å²) in [7, 11) is 0. The molecule has 0 spiro atoms. The number of allylic oxidation sites excluding steroid dienone is 4. The summed E-state index contributed by atoms with van der Waals surface area (Å²) >= 11 is 0. The van der Waals surface area contributed by atoms with Crippen LogP contribution in [0.1, 0.15) is 71.6 Å². The normalized spacial score (nSPS) is 39.0. The molecule has 122 valence electrons. The molecule has 1 fully saturated rings. The van der Waals surface area contributed by atoms with Crippen LogP contribution in [0.15, 0.2) is 22.8 Å². The summed E-state index contributed by atoms with van der Waals surface area (Å²) in [5, 5.41) is 0. The highest BCUT2D eigenvalue weighted by molar-refractivity contribution is 5.82. The lowest BCUT2D eigenvalue weighted by Gasteiger charge is -2.51. The zero-order chi connectivity index (χ0) is 16.0. The maximum absolute atomic E-state index is 11.8. The van der Waals surface area contributed by atoms with Crippen molar-refractivity contribution in [3.8, 4) is 11.8 Å². The number of rotatable bonds is 0. The lowest BCUT2D eigenvalue weighted by molar-refractivity contribution is -0.119. The summed E-state index contributed by atoms with van der Waals surface area (Å²) in [5.41, 5.74) is 4.99. The van der Waals surface area contributed by atoms with Crippen LogP contribution in [0, 0.1) is 35.0 Å². The largest absolute Gasteiger partial charge is 0.299 e. The number of carbonyl (C=O) groups is 1. The minimum Gasteiger partial charge on any atom is -0.299 e. The van der Waals surface area contributed by atoms with E-state index in [-0.39, 0.29) is 0 Å². The molecule has 0 saturated heterocycles. The van der Waals surface area contributed by atoms with Gasteiger partial charge in [-0.15, -0.1) is 0 Å². The van der Waals surface area contributed by atoms with Crippen molar-refractivity contribution in [2.24, 2.45) is 23.2 Å². The van der Waals surface area contributed by atoms with E-state index in [4.69, 9.17) is 0 Å².